The molecule has 1 heterocycles. The number of allylic oxidation sites excluding steroid dienone is 2. The van der Waals surface area contributed by atoms with E-state index in [4.69, 9.17) is 4.74 Å². The van der Waals surface area contributed by atoms with E-state index in [1.807, 2.05) is 0 Å². The van der Waals surface area contributed by atoms with Gasteiger partial charge in [-0.1, -0.05) is 58.3 Å². The highest BCUT2D eigenvalue weighted by atomic mass is 16.5. The summed E-state index contributed by atoms with van der Waals surface area (Å²) in [7, 11) is 0. The Morgan fingerprint density at radius 2 is 1.38 bits per heavy atom. The molecule has 0 saturated heterocycles. The van der Waals surface area contributed by atoms with Gasteiger partial charge in [-0.3, -0.25) is 0 Å². The largest absolute Gasteiger partial charge is 0.374 e. The van der Waals surface area contributed by atoms with Crippen molar-refractivity contribution in [2.75, 3.05) is 6.61 Å². The fraction of sp³-hybridized carbons (Fsp3) is 0.800. The van der Waals surface area contributed by atoms with E-state index in [0.29, 0.717) is 11.8 Å². The summed E-state index contributed by atoms with van der Waals surface area (Å²) in [6, 6.07) is 0. The molecule has 21 heavy (non-hydrogen) atoms. The first-order valence-electron chi connectivity index (χ1n) is 8.87. The summed E-state index contributed by atoms with van der Waals surface area (Å²) in [6.07, 6.45) is 3.00. The minimum atomic E-state index is 0.180. The number of hydrogen-bond acceptors (Lipinski definition) is 1. The normalized spacial score (nSPS) is 42.7. The van der Waals surface area contributed by atoms with Gasteiger partial charge in [0.2, 0.25) is 0 Å². The van der Waals surface area contributed by atoms with Crippen LogP contribution in [-0.4, -0.2) is 12.7 Å². The molecule has 1 heteroatoms. The van der Waals surface area contributed by atoms with Gasteiger partial charge in [0.1, 0.15) is 0 Å². The van der Waals surface area contributed by atoms with E-state index < -0.39 is 0 Å². The van der Waals surface area contributed by atoms with Crippen LogP contribution < -0.4 is 0 Å². The van der Waals surface area contributed by atoms with Crippen LogP contribution in [-0.2, 0) is 4.74 Å². The van der Waals surface area contributed by atoms with Gasteiger partial charge in [0.25, 0.3) is 0 Å². The summed E-state index contributed by atoms with van der Waals surface area (Å²) in [5, 5.41) is 0. The Morgan fingerprint density at radius 1 is 0.810 bits per heavy atom. The molecular weight excluding hydrogens is 256 g/mol. The van der Waals surface area contributed by atoms with Crippen LogP contribution in [0.3, 0.4) is 0 Å². The minimum absolute atomic E-state index is 0.180. The third kappa shape index (κ3) is 2.07. The van der Waals surface area contributed by atoms with E-state index in [1.165, 1.54) is 12.8 Å². The van der Waals surface area contributed by atoms with Crippen molar-refractivity contribution < 1.29 is 4.74 Å². The smallest absolute Gasteiger partial charge is 0.0768 e. The standard InChI is InChI=1S/C20H32O/c1-11-8-9-12(2)18-16(11)14(4)17-13(3)10-21-15(5)19(17)20(18,6)7/h11-15H,8-10H2,1-7H3. The Hall–Kier alpha value is -0.560. The molecule has 0 N–H and O–H groups in total. The van der Waals surface area contributed by atoms with Gasteiger partial charge in [0.05, 0.1) is 12.7 Å². The molecule has 5 unspecified atom stereocenters. The molecule has 118 valence electrons. The van der Waals surface area contributed by atoms with Crippen molar-refractivity contribution in [2.24, 2.45) is 29.1 Å². The minimum Gasteiger partial charge on any atom is -0.374 e. The zero-order valence-electron chi connectivity index (χ0n) is 14.9. The van der Waals surface area contributed by atoms with Crippen LogP contribution in [0.1, 0.15) is 61.3 Å². The summed E-state index contributed by atoms with van der Waals surface area (Å²) in [4.78, 5) is 0. The Kier molecular flexibility index (Phi) is 3.64. The highest BCUT2D eigenvalue weighted by Gasteiger charge is 2.48. The van der Waals surface area contributed by atoms with Gasteiger partial charge in [-0.15, -0.1) is 0 Å². The molecule has 0 aromatic rings. The molecule has 0 saturated carbocycles. The van der Waals surface area contributed by atoms with Gasteiger partial charge in [0.15, 0.2) is 0 Å². The number of hydrogen-bond donors (Lipinski definition) is 0. The van der Waals surface area contributed by atoms with Crippen LogP contribution in [0, 0.1) is 29.1 Å². The average molecular weight is 288 g/mol. The summed E-state index contributed by atoms with van der Waals surface area (Å²) in [5.74, 6) is 2.68. The molecule has 0 aromatic heterocycles. The highest BCUT2D eigenvalue weighted by Crippen LogP contribution is 2.57. The molecule has 1 nitrogen and oxygen atoms in total. The zero-order chi connectivity index (χ0) is 15.5. The maximum atomic E-state index is 6.10. The Labute approximate surface area is 130 Å². The predicted octanol–water partition coefficient (Wildman–Crippen LogP) is 5.38. The van der Waals surface area contributed by atoms with Crippen molar-refractivity contribution in [2.45, 2.75) is 67.4 Å². The van der Waals surface area contributed by atoms with E-state index in [9.17, 15) is 0 Å². The van der Waals surface area contributed by atoms with Crippen LogP contribution in [0.4, 0.5) is 0 Å². The average Bonchev–Trinajstić information content (AvgIpc) is 2.41. The zero-order valence-corrected chi connectivity index (χ0v) is 14.9. The van der Waals surface area contributed by atoms with Gasteiger partial charge in [-0.05, 0) is 43.1 Å². The second-order valence-corrected chi connectivity index (χ2v) is 8.34. The Balaban J connectivity index is 2.22. The van der Waals surface area contributed by atoms with E-state index in [0.717, 1.165) is 18.4 Å². The molecular formula is C20H32O. The predicted molar refractivity (Wildman–Crippen MR) is 89.1 cm³/mol. The van der Waals surface area contributed by atoms with Gasteiger partial charge < -0.3 is 4.74 Å². The van der Waals surface area contributed by atoms with E-state index in [-0.39, 0.29) is 11.5 Å². The van der Waals surface area contributed by atoms with Gasteiger partial charge in [-0.2, -0.15) is 0 Å². The molecule has 0 spiro atoms. The lowest BCUT2D eigenvalue weighted by Crippen LogP contribution is -2.44. The van der Waals surface area contributed by atoms with Crippen molar-refractivity contribution >= 4 is 0 Å². The van der Waals surface area contributed by atoms with Crippen molar-refractivity contribution in [3.05, 3.63) is 22.3 Å². The molecule has 0 amide bonds. The SMILES string of the molecule is CC1CCC(C)C2=C1C(C)C1=C(C(C)OCC1C)C2(C)C. The van der Waals surface area contributed by atoms with E-state index in [2.05, 4.69) is 48.5 Å². The maximum absolute atomic E-state index is 6.10. The molecule has 3 rings (SSSR count). The maximum Gasteiger partial charge on any atom is 0.0768 e. The fourth-order valence-corrected chi connectivity index (χ4v) is 5.79. The summed E-state index contributed by atoms with van der Waals surface area (Å²) < 4.78 is 6.10. The van der Waals surface area contributed by atoms with Crippen LogP contribution in [0.5, 0.6) is 0 Å². The third-order valence-electron chi connectivity index (χ3n) is 6.49. The monoisotopic (exact) mass is 288 g/mol. The molecule has 0 bridgehead atoms. The second-order valence-electron chi connectivity index (χ2n) is 8.34. The lowest BCUT2D eigenvalue weighted by molar-refractivity contribution is 0.0377. The quantitative estimate of drug-likeness (QED) is 0.544. The Morgan fingerprint density at radius 3 is 2.05 bits per heavy atom. The highest BCUT2D eigenvalue weighted by molar-refractivity contribution is 5.49. The summed E-state index contributed by atoms with van der Waals surface area (Å²) in [5.41, 5.74) is 7.02. The first kappa shape index (κ1) is 15.3. The van der Waals surface area contributed by atoms with Crippen molar-refractivity contribution in [1.82, 2.24) is 0 Å². The molecule has 0 aromatic carbocycles. The number of ether oxygens (including phenoxy) is 1. The topological polar surface area (TPSA) is 9.23 Å². The lowest BCUT2D eigenvalue weighted by atomic mass is 9.55. The van der Waals surface area contributed by atoms with Crippen molar-refractivity contribution in [3.63, 3.8) is 0 Å². The molecule has 2 aliphatic carbocycles. The van der Waals surface area contributed by atoms with Crippen molar-refractivity contribution in [1.29, 1.82) is 0 Å². The van der Waals surface area contributed by atoms with Crippen LogP contribution >= 0.6 is 0 Å². The van der Waals surface area contributed by atoms with Crippen molar-refractivity contribution in [3.8, 4) is 0 Å². The lowest BCUT2D eigenvalue weighted by Gasteiger charge is -2.52. The van der Waals surface area contributed by atoms with E-state index >= 15 is 0 Å². The molecule has 1 aliphatic heterocycles. The molecule has 5 atom stereocenters. The third-order valence-corrected chi connectivity index (χ3v) is 6.49. The molecule has 0 radical (unpaired) electrons. The van der Waals surface area contributed by atoms with Crippen LogP contribution in [0.2, 0.25) is 0 Å². The fourth-order valence-electron chi connectivity index (χ4n) is 5.79. The van der Waals surface area contributed by atoms with Crippen LogP contribution in [0.25, 0.3) is 0 Å². The van der Waals surface area contributed by atoms with Gasteiger partial charge >= 0.3 is 0 Å². The van der Waals surface area contributed by atoms with E-state index in [1.54, 1.807) is 22.3 Å². The number of rotatable bonds is 0. The Bertz CT molecular complexity index is 464. The van der Waals surface area contributed by atoms with Gasteiger partial charge in [0, 0.05) is 11.3 Å². The first-order valence-corrected chi connectivity index (χ1v) is 8.87. The summed E-state index contributed by atoms with van der Waals surface area (Å²) in [6.45, 7) is 17.8. The second kappa shape index (κ2) is 4.98. The van der Waals surface area contributed by atoms with Gasteiger partial charge in [-0.25, -0.2) is 0 Å². The summed E-state index contributed by atoms with van der Waals surface area (Å²) >= 11 is 0. The van der Waals surface area contributed by atoms with Crippen LogP contribution in [0.15, 0.2) is 22.3 Å². The molecule has 3 aliphatic rings. The molecule has 0 fully saturated rings. The first-order chi connectivity index (χ1) is 9.76.